The molecule has 2 aromatic rings. The normalized spacial score (nSPS) is 17.4. The maximum absolute atomic E-state index is 14.8. The predicted molar refractivity (Wildman–Crippen MR) is 105 cm³/mol. The summed E-state index contributed by atoms with van der Waals surface area (Å²) in [6, 6.07) is 3.05. The summed E-state index contributed by atoms with van der Waals surface area (Å²) in [7, 11) is 0. The van der Waals surface area contributed by atoms with E-state index in [0.717, 1.165) is 30.9 Å². The van der Waals surface area contributed by atoms with Gasteiger partial charge in [0.15, 0.2) is 0 Å². The molecule has 1 saturated carbocycles. The standard InChI is InChI=1S/C19H20FN3O3S/c1-11(27)21-4-6-22(7-5-21)17-9-16-13(8-15(17)20)18(24)14(19(25)26)10-23(16)12-2-3-12/h8-10,12H,2-7H2,1H3,(H,25,26). The molecule has 1 N–H and O–H groups in total. The molecule has 0 unspecified atom stereocenters. The molecule has 4 rings (SSSR count). The highest BCUT2D eigenvalue weighted by atomic mass is 32.1. The average Bonchev–Trinajstić information content (AvgIpc) is 3.47. The minimum atomic E-state index is -1.28. The summed E-state index contributed by atoms with van der Waals surface area (Å²) in [5, 5.41) is 9.44. The Kier molecular flexibility index (Phi) is 4.38. The highest BCUT2D eigenvalue weighted by molar-refractivity contribution is 7.80. The molecule has 6 nitrogen and oxygen atoms in total. The van der Waals surface area contributed by atoms with Crippen LogP contribution in [-0.2, 0) is 0 Å². The number of thiocarbonyl (C=S) groups is 1. The van der Waals surface area contributed by atoms with E-state index in [1.165, 1.54) is 12.3 Å². The van der Waals surface area contributed by atoms with Gasteiger partial charge in [0.25, 0.3) is 0 Å². The Labute approximate surface area is 160 Å². The fourth-order valence-corrected chi connectivity index (χ4v) is 3.85. The van der Waals surface area contributed by atoms with E-state index in [1.54, 1.807) is 6.07 Å². The third-order valence-corrected chi connectivity index (χ3v) is 5.60. The van der Waals surface area contributed by atoms with E-state index in [0.29, 0.717) is 24.3 Å². The van der Waals surface area contributed by atoms with Gasteiger partial charge < -0.3 is 19.5 Å². The molecule has 0 atom stereocenters. The van der Waals surface area contributed by atoms with Crippen molar-refractivity contribution in [2.24, 2.45) is 0 Å². The van der Waals surface area contributed by atoms with Gasteiger partial charge in [0, 0.05) is 43.8 Å². The summed E-state index contributed by atoms with van der Waals surface area (Å²) < 4.78 is 16.7. The number of carboxylic acid groups (broad SMARTS) is 1. The summed E-state index contributed by atoms with van der Waals surface area (Å²) in [6.45, 7) is 4.60. The van der Waals surface area contributed by atoms with E-state index in [9.17, 15) is 19.1 Å². The lowest BCUT2D eigenvalue weighted by Crippen LogP contribution is -2.48. The van der Waals surface area contributed by atoms with Gasteiger partial charge in [0.05, 0.1) is 16.2 Å². The van der Waals surface area contributed by atoms with Gasteiger partial charge >= 0.3 is 5.97 Å². The molecule has 1 saturated heterocycles. The van der Waals surface area contributed by atoms with Crippen molar-refractivity contribution in [1.82, 2.24) is 9.47 Å². The van der Waals surface area contributed by atoms with Crippen molar-refractivity contribution in [3.8, 4) is 0 Å². The van der Waals surface area contributed by atoms with Crippen molar-refractivity contribution in [3.05, 3.63) is 39.9 Å². The van der Waals surface area contributed by atoms with Crippen LogP contribution < -0.4 is 10.3 Å². The number of hydrogen-bond donors (Lipinski definition) is 1. The molecule has 1 aromatic heterocycles. The number of fused-ring (bicyclic) bond motifs is 1. The van der Waals surface area contributed by atoms with Crippen LogP contribution in [0.4, 0.5) is 10.1 Å². The summed E-state index contributed by atoms with van der Waals surface area (Å²) in [5.41, 5.74) is 0.0889. The lowest BCUT2D eigenvalue weighted by molar-refractivity contribution is 0.0695. The van der Waals surface area contributed by atoms with Gasteiger partial charge in [0.1, 0.15) is 11.4 Å². The fourth-order valence-electron chi connectivity index (χ4n) is 3.67. The molecule has 0 radical (unpaired) electrons. The highest BCUT2D eigenvalue weighted by Crippen LogP contribution is 2.38. The van der Waals surface area contributed by atoms with E-state index in [-0.39, 0.29) is 17.0 Å². The first kappa shape index (κ1) is 17.9. The van der Waals surface area contributed by atoms with Crippen molar-refractivity contribution in [1.29, 1.82) is 0 Å². The van der Waals surface area contributed by atoms with Crippen LogP contribution >= 0.6 is 12.2 Å². The lowest BCUT2D eigenvalue weighted by Gasteiger charge is -2.37. The van der Waals surface area contributed by atoms with Crippen LogP contribution in [0.1, 0.15) is 36.2 Å². The van der Waals surface area contributed by atoms with Crippen LogP contribution in [0, 0.1) is 5.82 Å². The fraction of sp³-hybridized carbons (Fsp3) is 0.421. The second kappa shape index (κ2) is 6.60. The van der Waals surface area contributed by atoms with Gasteiger partial charge in [-0.2, -0.15) is 0 Å². The first-order valence-electron chi connectivity index (χ1n) is 8.99. The number of nitrogens with zero attached hydrogens (tertiary/aromatic N) is 3. The van der Waals surface area contributed by atoms with E-state index in [1.807, 2.05) is 16.4 Å². The number of aromatic carboxylic acids is 1. The molecule has 2 heterocycles. The number of carboxylic acids is 1. The molecule has 2 fully saturated rings. The lowest BCUT2D eigenvalue weighted by atomic mass is 10.1. The number of anilines is 1. The van der Waals surface area contributed by atoms with Crippen LogP contribution in [0.15, 0.2) is 23.1 Å². The van der Waals surface area contributed by atoms with Gasteiger partial charge in [-0.25, -0.2) is 9.18 Å². The summed E-state index contributed by atoms with van der Waals surface area (Å²) in [4.78, 5) is 28.8. The second-order valence-corrected chi connectivity index (χ2v) is 7.72. The highest BCUT2D eigenvalue weighted by Gasteiger charge is 2.28. The van der Waals surface area contributed by atoms with Crippen LogP contribution in [-0.4, -0.2) is 51.7 Å². The van der Waals surface area contributed by atoms with Crippen molar-refractivity contribution in [2.45, 2.75) is 25.8 Å². The molecular formula is C19H20FN3O3S. The molecule has 1 aromatic carbocycles. The minimum Gasteiger partial charge on any atom is -0.477 e. The van der Waals surface area contributed by atoms with Crippen LogP contribution in [0.3, 0.4) is 0 Å². The zero-order valence-electron chi connectivity index (χ0n) is 14.9. The number of carbonyl (C=O) groups is 1. The summed E-state index contributed by atoms with van der Waals surface area (Å²) in [5.74, 6) is -1.79. The van der Waals surface area contributed by atoms with E-state index in [2.05, 4.69) is 4.90 Å². The SMILES string of the molecule is CC(=S)N1CCN(c2cc3c(cc2F)c(=O)c(C(=O)O)cn3C2CC2)CC1. The number of halogens is 1. The Balaban J connectivity index is 1.80. The van der Waals surface area contributed by atoms with Gasteiger partial charge in [-0.3, -0.25) is 4.79 Å². The zero-order chi connectivity index (χ0) is 19.3. The maximum atomic E-state index is 14.8. The Hall–Kier alpha value is -2.48. The number of aromatic nitrogens is 1. The smallest absolute Gasteiger partial charge is 0.341 e. The van der Waals surface area contributed by atoms with E-state index in [4.69, 9.17) is 12.2 Å². The largest absolute Gasteiger partial charge is 0.477 e. The van der Waals surface area contributed by atoms with Crippen molar-refractivity contribution < 1.29 is 14.3 Å². The number of pyridine rings is 1. The molecule has 2 aliphatic rings. The quantitative estimate of drug-likeness (QED) is 0.815. The zero-order valence-corrected chi connectivity index (χ0v) is 15.8. The number of piperazine rings is 1. The molecular weight excluding hydrogens is 369 g/mol. The van der Waals surface area contributed by atoms with Crippen LogP contribution in [0.25, 0.3) is 10.9 Å². The summed E-state index contributed by atoms with van der Waals surface area (Å²) >= 11 is 5.21. The van der Waals surface area contributed by atoms with Gasteiger partial charge in [-0.15, -0.1) is 0 Å². The number of rotatable bonds is 3. The molecule has 8 heteroatoms. The molecule has 1 aliphatic carbocycles. The van der Waals surface area contributed by atoms with Crippen molar-refractivity contribution in [3.63, 3.8) is 0 Å². The molecule has 0 bridgehead atoms. The molecule has 27 heavy (non-hydrogen) atoms. The monoisotopic (exact) mass is 389 g/mol. The number of benzene rings is 1. The molecule has 0 amide bonds. The van der Waals surface area contributed by atoms with E-state index < -0.39 is 17.2 Å². The van der Waals surface area contributed by atoms with Gasteiger partial charge in [-0.05, 0) is 31.9 Å². The number of hydrogen-bond acceptors (Lipinski definition) is 4. The molecule has 142 valence electrons. The Morgan fingerprint density at radius 2 is 1.89 bits per heavy atom. The van der Waals surface area contributed by atoms with Crippen molar-refractivity contribution in [2.75, 3.05) is 31.1 Å². The maximum Gasteiger partial charge on any atom is 0.341 e. The average molecular weight is 389 g/mol. The summed E-state index contributed by atoms with van der Waals surface area (Å²) in [6.07, 6.45) is 3.26. The predicted octanol–water partition coefficient (Wildman–Crippen LogP) is 2.64. The Morgan fingerprint density at radius 3 is 2.44 bits per heavy atom. The van der Waals surface area contributed by atoms with Gasteiger partial charge in [-0.1, -0.05) is 12.2 Å². The Bertz CT molecular complexity index is 1010. The van der Waals surface area contributed by atoms with Gasteiger partial charge in [0.2, 0.25) is 5.43 Å². The third-order valence-electron chi connectivity index (χ3n) is 5.34. The molecule has 1 aliphatic heterocycles. The first-order valence-corrected chi connectivity index (χ1v) is 9.40. The molecule has 0 spiro atoms. The van der Waals surface area contributed by atoms with Crippen molar-refractivity contribution >= 4 is 39.8 Å². The van der Waals surface area contributed by atoms with E-state index >= 15 is 0 Å². The Morgan fingerprint density at radius 1 is 1.22 bits per heavy atom. The topological polar surface area (TPSA) is 65.8 Å². The minimum absolute atomic E-state index is 0.122. The van der Waals surface area contributed by atoms with Crippen LogP contribution in [0.5, 0.6) is 0 Å². The first-order chi connectivity index (χ1) is 12.9. The third kappa shape index (κ3) is 3.18. The second-order valence-electron chi connectivity index (χ2n) is 7.13. The van der Waals surface area contributed by atoms with Crippen LogP contribution in [0.2, 0.25) is 0 Å².